The molecule has 0 saturated carbocycles. The molecule has 8 nitrogen and oxygen atoms in total. The fourth-order valence-corrected chi connectivity index (χ4v) is 3.13. The summed E-state index contributed by atoms with van der Waals surface area (Å²) in [7, 11) is 0. The van der Waals surface area contributed by atoms with Gasteiger partial charge in [-0.25, -0.2) is 0 Å². The maximum atomic E-state index is 12.5. The minimum atomic E-state index is -0.688. The topological polar surface area (TPSA) is 113 Å². The van der Waals surface area contributed by atoms with Gasteiger partial charge in [0.05, 0.1) is 4.92 Å². The summed E-state index contributed by atoms with van der Waals surface area (Å²) in [5.74, 6) is -0.0387. The van der Waals surface area contributed by atoms with Crippen LogP contribution in [0.3, 0.4) is 0 Å². The number of thioether (sulfide) groups is 1. The molecule has 1 atom stereocenters. The van der Waals surface area contributed by atoms with E-state index in [-0.39, 0.29) is 29.6 Å². The van der Waals surface area contributed by atoms with Gasteiger partial charge in [0.25, 0.3) is 11.6 Å². The Hall–Kier alpha value is -2.10. The number of carbonyl (C=O) groups is 2. The van der Waals surface area contributed by atoms with Crippen LogP contribution in [-0.2, 0) is 4.79 Å². The third-order valence-electron chi connectivity index (χ3n) is 4.20. The molecule has 1 unspecified atom stereocenters. The van der Waals surface area contributed by atoms with Crippen molar-refractivity contribution in [1.82, 2.24) is 16.0 Å². The Morgan fingerprint density at radius 2 is 2.18 bits per heavy atom. The van der Waals surface area contributed by atoms with Gasteiger partial charge in [-0.05, 0) is 37.5 Å². The number of carbonyl (C=O) groups excluding carboxylic acids is 2. The van der Waals surface area contributed by atoms with Gasteiger partial charge in [0.2, 0.25) is 5.91 Å². The lowest BCUT2D eigenvalue weighted by Gasteiger charge is -2.20. The van der Waals surface area contributed by atoms with Crippen LogP contribution < -0.4 is 16.0 Å². The fraction of sp³-hybridized carbons (Fsp3) is 0.444. The van der Waals surface area contributed by atoms with Gasteiger partial charge in [-0.3, -0.25) is 19.7 Å². The van der Waals surface area contributed by atoms with E-state index in [1.165, 1.54) is 24.3 Å². The van der Waals surface area contributed by atoms with Gasteiger partial charge in [-0.2, -0.15) is 11.8 Å². The lowest BCUT2D eigenvalue weighted by molar-refractivity contribution is -0.384. The van der Waals surface area contributed by atoms with E-state index in [0.29, 0.717) is 18.7 Å². The summed E-state index contributed by atoms with van der Waals surface area (Å²) >= 11 is 1.58. The van der Waals surface area contributed by atoms with Crippen LogP contribution in [0.25, 0.3) is 0 Å². The SMILES string of the molecule is CSCCC(NC(=O)c1cccc([N+](=O)[O-])c1)C(=O)NCC1=CCNCC1.Cl. The molecule has 2 amide bonds. The van der Waals surface area contributed by atoms with Crippen LogP contribution in [0, 0.1) is 10.1 Å². The maximum absolute atomic E-state index is 12.5. The molecule has 2 rings (SSSR count). The molecule has 0 radical (unpaired) electrons. The van der Waals surface area contributed by atoms with E-state index in [9.17, 15) is 19.7 Å². The number of nitrogens with one attached hydrogen (secondary N) is 3. The smallest absolute Gasteiger partial charge is 0.270 e. The number of halogens is 1. The van der Waals surface area contributed by atoms with Crippen molar-refractivity contribution in [1.29, 1.82) is 0 Å². The molecule has 0 aromatic heterocycles. The summed E-state index contributed by atoms with van der Waals surface area (Å²) in [4.78, 5) is 35.3. The van der Waals surface area contributed by atoms with E-state index in [1.807, 2.05) is 6.26 Å². The van der Waals surface area contributed by atoms with Crippen molar-refractivity contribution in [3.05, 3.63) is 51.6 Å². The van der Waals surface area contributed by atoms with E-state index < -0.39 is 16.9 Å². The molecule has 154 valence electrons. The Bertz CT molecular complexity index is 729. The van der Waals surface area contributed by atoms with Gasteiger partial charge in [0, 0.05) is 30.8 Å². The molecule has 10 heteroatoms. The number of hydrogen-bond donors (Lipinski definition) is 3. The average Bonchev–Trinajstić information content (AvgIpc) is 2.70. The molecule has 0 aliphatic carbocycles. The van der Waals surface area contributed by atoms with E-state index in [2.05, 4.69) is 22.0 Å². The highest BCUT2D eigenvalue weighted by Gasteiger charge is 2.22. The Balaban J connectivity index is 0.00000392. The predicted molar refractivity (Wildman–Crippen MR) is 113 cm³/mol. The third-order valence-corrected chi connectivity index (χ3v) is 4.84. The van der Waals surface area contributed by atoms with E-state index in [4.69, 9.17) is 0 Å². The van der Waals surface area contributed by atoms with Gasteiger partial charge >= 0.3 is 0 Å². The Labute approximate surface area is 174 Å². The number of amides is 2. The van der Waals surface area contributed by atoms with E-state index in [1.54, 1.807) is 11.8 Å². The van der Waals surface area contributed by atoms with E-state index in [0.717, 1.165) is 25.1 Å². The van der Waals surface area contributed by atoms with Crippen molar-refractivity contribution in [2.24, 2.45) is 0 Å². The number of rotatable bonds is 9. The Kier molecular flexibility index (Phi) is 10.6. The molecule has 1 aromatic carbocycles. The highest BCUT2D eigenvalue weighted by Crippen LogP contribution is 2.13. The lowest BCUT2D eigenvalue weighted by Crippen LogP contribution is -2.47. The van der Waals surface area contributed by atoms with Crippen molar-refractivity contribution >= 4 is 41.7 Å². The first kappa shape index (κ1) is 23.9. The molecule has 0 fully saturated rings. The van der Waals surface area contributed by atoms with E-state index >= 15 is 0 Å². The highest BCUT2D eigenvalue weighted by atomic mass is 35.5. The standard InChI is InChI=1S/C18H24N4O4S.ClH/c1-27-10-7-16(18(24)20-12-13-5-8-19-9-6-13)21-17(23)14-3-2-4-15(11-14)22(25)26;/h2-5,11,16,19H,6-10,12H2,1H3,(H,20,24)(H,21,23);1H. The molecule has 0 bridgehead atoms. The first-order valence-electron chi connectivity index (χ1n) is 8.72. The molecular formula is C18H25ClN4O4S. The minimum absolute atomic E-state index is 0. The normalized spacial score (nSPS) is 14.2. The minimum Gasteiger partial charge on any atom is -0.351 e. The summed E-state index contributed by atoms with van der Waals surface area (Å²) in [5, 5.41) is 19.7. The van der Waals surface area contributed by atoms with Crippen molar-refractivity contribution in [3.63, 3.8) is 0 Å². The predicted octanol–water partition coefficient (Wildman–Crippen LogP) is 1.90. The second kappa shape index (κ2) is 12.4. The first-order chi connectivity index (χ1) is 13.0. The second-order valence-corrected chi connectivity index (χ2v) is 7.13. The molecule has 1 aliphatic rings. The highest BCUT2D eigenvalue weighted by molar-refractivity contribution is 7.98. The summed E-state index contributed by atoms with van der Waals surface area (Å²) < 4.78 is 0. The molecular weight excluding hydrogens is 404 g/mol. The number of nitro groups is 1. The van der Waals surface area contributed by atoms with Gasteiger partial charge in [0.1, 0.15) is 6.04 Å². The molecule has 1 heterocycles. The zero-order valence-corrected chi connectivity index (χ0v) is 17.2. The summed E-state index contributed by atoms with van der Waals surface area (Å²) in [5.41, 5.74) is 1.16. The fourth-order valence-electron chi connectivity index (χ4n) is 2.66. The first-order valence-corrected chi connectivity index (χ1v) is 10.1. The van der Waals surface area contributed by atoms with Crippen LogP contribution >= 0.6 is 24.2 Å². The maximum Gasteiger partial charge on any atom is 0.270 e. The van der Waals surface area contributed by atoms with Crippen molar-refractivity contribution < 1.29 is 14.5 Å². The molecule has 0 saturated heterocycles. The largest absolute Gasteiger partial charge is 0.351 e. The van der Waals surface area contributed by atoms with Gasteiger partial charge in [0.15, 0.2) is 0 Å². The van der Waals surface area contributed by atoms with Crippen LogP contribution in [0.4, 0.5) is 5.69 Å². The number of nitrogens with zero attached hydrogens (tertiary/aromatic N) is 1. The van der Waals surface area contributed by atoms with Crippen molar-refractivity contribution in [3.8, 4) is 0 Å². The molecule has 0 spiro atoms. The number of benzene rings is 1. The molecule has 1 aliphatic heterocycles. The summed E-state index contributed by atoms with van der Waals surface area (Å²) in [6, 6.07) is 4.78. The third kappa shape index (κ3) is 7.49. The molecule has 1 aromatic rings. The quantitative estimate of drug-likeness (QED) is 0.314. The molecule has 28 heavy (non-hydrogen) atoms. The average molecular weight is 429 g/mol. The second-order valence-electron chi connectivity index (χ2n) is 6.15. The van der Waals surface area contributed by atoms with Crippen LogP contribution in [0.1, 0.15) is 23.2 Å². The van der Waals surface area contributed by atoms with Crippen molar-refractivity contribution in [2.75, 3.05) is 31.6 Å². The van der Waals surface area contributed by atoms with Gasteiger partial charge < -0.3 is 16.0 Å². The van der Waals surface area contributed by atoms with Crippen LogP contribution in [0.5, 0.6) is 0 Å². The van der Waals surface area contributed by atoms with Gasteiger partial charge in [-0.1, -0.05) is 17.7 Å². The molecule has 3 N–H and O–H groups in total. The zero-order valence-electron chi connectivity index (χ0n) is 15.6. The number of nitro benzene ring substituents is 1. The monoisotopic (exact) mass is 428 g/mol. The van der Waals surface area contributed by atoms with Gasteiger partial charge in [-0.15, -0.1) is 12.4 Å². The van der Waals surface area contributed by atoms with Crippen LogP contribution in [0.15, 0.2) is 35.9 Å². The number of non-ortho nitro benzene ring substituents is 1. The summed E-state index contributed by atoms with van der Waals surface area (Å²) in [6.45, 7) is 2.15. The zero-order chi connectivity index (χ0) is 19.6. The number of hydrogen-bond acceptors (Lipinski definition) is 6. The van der Waals surface area contributed by atoms with Crippen molar-refractivity contribution in [2.45, 2.75) is 18.9 Å². The lowest BCUT2D eigenvalue weighted by atomic mass is 10.1. The van der Waals surface area contributed by atoms with Crippen LogP contribution in [-0.4, -0.2) is 54.4 Å². The Morgan fingerprint density at radius 3 is 2.82 bits per heavy atom. The van der Waals surface area contributed by atoms with Crippen LogP contribution in [0.2, 0.25) is 0 Å². The summed E-state index contributed by atoms with van der Waals surface area (Å²) in [6.07, 6.45) is 5.35. The Morgan fingerprint density at radius 1 is 1.39 bits per heavy atom.